The summed E-state index contributed by atoms with van der Waals surface area (Å²) in [5, 5.41) is 35.4. The number of nitrogens with one attached hydrogen (secondary N) is 1. The minimum atomic E-state index is -2.17. The Kier molecular flexibility index (Phi) is 8.58. The Bertz CT molecular complexity index is 316. The molecule has 0 bridgehead atoms. The van der Waals surface area contributed by atoms with Gasteiger partial charge in [-0.3, -0.25) is 14.9 Å². The molecule has 0 heterocycles. The molecular formula is C7H9NNaO8. The first kappa shape index (κ1) is 18.2. The van der Waals surface area contributed by atoms with Crippen LogP contribution in [0.4, 0.5) is 0 Å². The van der Waals surface area contributed by atoms with Crippen LogP contribution < -0.4 is 5.32 Å². The smallest absolute Gasteiger partial charge is 0.332 e. The second-order valence-corrected chi connectivity index (χ2v) is 2.76. The van der Waals surface area contributed by atoms with Crippen LogP contribution in [0, 0.1) is 0 Å². The number of hydrogen-bond donors (Lipinski definition) is 5. The van der Waals surface area contributed by atoms with E-state index in [-0.39, 0.29) is 29.6 Å². The molecule has 0 aliphatic heterocycles. The molecule has 5 N–H and O–H groups in total. The van der Waals surface area contributed by atoms with E-state index in [4.69, 9.17) is 20.4 Å². The number of carboxylic acids is 4. The molecule has 9 nitrogen and oxygen atoms in total. The van der Waals surface area contributed by atoms with Crippen molar-refractivity contribution in [3.05, 3.63) is 0 Å². The largest absolute Gasteiger partial charge is 0.481 e. The number of rotatable bonds is 7. The van der Waals surface area contributed by atoms with Gasteiger partial charge in [0.1, 0.15) is 6.04 Å². The van der Waals surface area contributed by atoms with Gasteiger partial charge in [-0.05, 0) is 0 Å². The molecule has 17 heavy (non-hydrogen) atoms. The third kappa shape index (κ3) is 6.89. The van der Waals surface area contributed by atoms with Crippen LogP contribution in [-0.4, -0.2) is 85.9 Å². The molecule has 0 spiro atoms. The van der Waals surface area contributed by atoms with Gasteiger partial charge in [0, 0.05) is 29.6 Å². The second kappa shape index (κ2) is 8.01. The van der Waals surface area contributed by atoms with Gasteiger partial charge in [-0.2, -0.15) is 0 Å². The van der Waals surface area contributed by atoms with Gasteiger partial charge in [0.25, 0.3) is 0 Å². The summed E-state index contributed by atoms with van der Waals surface area (Å²) in [5.41, 5.74) is 0. The zero-order valence-corrected chi connectivity index (χ0v) is 10.8. The van der Waals surface area contributed by atoms with E-state index in [0.717, 1.165) is 0 Å². The first-order chi connectivity index (χ1) is 7.25. The van der Waals surface area contributed by atoms with Gasteiger partial charge in [0.15, 0.2) is 0 Å². The minimum Gasteiger partial charge on any atom is -0.481 e. The molecule has 0 aromatic heterocycles. The quantitative estimate of drug-likeness (QED) is 0.249. The molecule has 1 radical (unpaired) electrons. The van der Waals surface area contributed by atoms with Crippen molar-refractivity contribution in [1.82, 2.24) is 5.32 Å². The van der Waals surface area contributed by atoms with Crippen LogP contribution in [0.2, 0.25) is 0 Å². The van der Waals surface area contributed by atoms with E-state index in [1.807, 2.05) is 0 Å². The fourth-order valence-corrected chi connectivity index (χ4v) is 0.842. The molecule has 0 aliphatic carbocycles. The van der Waals surface area contributed by atoms with Crippen molar-refractivity contribution >= 4 is 53.4 Å². The van der Waals surface area contributed by atoms with Gasteiger partial charge in [0.05, 0.1) is 6.42 Å². The maximum Gasteiger partial charge on any atom is 0.332 e. The van der Waals surface area contributed by atoms with Crippen molar-refractivity contribution in [3.63, 3.8) is 0 Å². The van der Waals surface area contributed by atoms with Gasteiger partial charge in [-0.15, -0.1) is 0 Å². The summed E-state index contributed by atoms with van der Waals surface area (Å²) >= 11 is 0. The summed E-state index contributed by atoms with van der Waals surface area (Å²) in [6.07, 6.45) is -0.924. The Hall–Kier alpha value is -1.16. The van der Waals surface area contributed by atoms with Crippen molar-refractivity contribution in [3.8, 4) is 0 Å². The molecule has 1 atom stereocenters. The van der Waals surface area contributed by atoms with Crippen molar-refractivity contribution in [2.24, 2.45) is 0 Å². The van der Waals surface area contributed by atoms with Crippen LogP contribution in [0.25, 0.3) is 0 Å². The molecule has 0 saturated heterocycles. The predicted molar refractivity (Wildman–Crippen MR) is 51.6 cm³/mol. The van der Waals surface area contributed by atoms with Crippen LogP contribution in [0.1, 0.15) is 6.42 Å². The van der Waals surface area contributed by atoms with Gasteiger partial charge in [-0.25, -0.2) is 9.59 Å². The average molecular weight is 258 g/mol. The third-order valence-corrected chi connectivity index (χ3v) is 1.54. The molecule has 0 aromatic carbocycles. The van der Waals surface area contributed by atoms with E-state index < -0.39 is 42.4 Å². The van der Waals surface area contributed by atoms with E-state index in [0.29, 0.717) is 0 Å². The molecule has 0 fully saturated rings. The molecule has 0 unspecified atom stereocenters. The Balaban J connectivity index is 0. The molecule has 0 saturated carbocycles. The van der Waals surface area contributed by atoms with E-state index in [1.165, 1.54) is 0 Å². The molecule has 10 heteroatoms. The molecule has 0 amide bonds. The monoisotopic (exact) mass is 258 g/mol. The summed E-state index contributed by atoms with van der Waals surface area (Å²) in [6, 6.07) is -3.95. The fourth-order valence-electron chi connectivity index (χ4n) is 0.842. The first-order valence-electron chi connectivity index (χ1n) is 3.92. The van der Waals surface area contributed by atoms with E-state index in [9.17, 15) is 19.2 Å². The summed E-state index contributed by atoms with van der Waals surface area (Å²) < 4.78 is 0. The van der Waals surface area contributed by atoms with Crippen LogP contribution in [0.15, 0.2) is 0 Å². The Labute approximate surface area is 117 Å². The summed E-state index contributed by atoms with van der Waals surface area (Å²) in [5.74, 6) is -6.74. The van der Waals surface area contributed by atoms with Gasteiger partial charge >= 0.3 is 23.9 Å². The minimum absolute atomic E-state index is 0. The molecule has 0 aromatic rings. The summed E-state index contributed by atoms with van der Waals surface area (Å²) in [4.78, 5) is 41.5. The SMILES string of the molecule is O=C(O)C[C@H](NC(C(=O)O)C(=O)O)C(=O)O.[Na]. The van der Waals surface area contributed by atoms with E-state index in [1.54, 1.807) is 5.32 Å². The van der Waals surface area contributed by atoms with Gasteiger partial charge in [-0.1, -0.05) is 0 Å². The van der Waals surface area contributed by atoms with Crippen LogP contribution in [0.5, 0.6) is 0 Å². The van der Waals surface area contributed by atoms with Crippen molar-refractivity contribution in [2.75, 3.05) is 0 Å². The van der Waals surface area contributed by atoms with Crippen molar-refractivity contribution in [2.45, 2.75) is 18.5 Å². The van der Waals surface area contributed by atoms with Crippen molar-refractivity contribution < 1.29 is 39.6 Å². The topological polar surface area (TPSA) is 161 Å². The zero-order chi connectivity index (χ0) is 12.9. The van der Waals surface area contributed by atoms with E-state index >= 15 is 0 Å². The van der Waals surface area contributed by atoms with Crippen LogP contribution in [-0.2, 0) is 19.2 Å². The Morgan fingerprint density at radius 3 is 1.53 bits per heavy atom. The number of hydrogen-bond acceptors (Lipinski definition) is 5. The number of carbonyl (C=O) groups is 4. The first-order valence-corrected chi connectivity index (χ1v) is 3.92. The van der Waals surface area contributed by atoms with Gasteiger partial charge < -0.3 is 20.4 Å². The van der Waals surface area contributed by atoms with Gasteiger partial charge in [0.2, 0.25) is 6.04 Å². The molecule has 91 valence electrons. The van der Waals surface area contributed by atoms with E-state index in [2.05, 4.69) is 0 Å². The third-order valence-electron chi connectivity index (χ3n) is 1.54. The molecule has 0 rings (SSSR count). The van der Waals surface area contributed by atoms with Crippen LogP contribution >= 0.6 is 0 Å². The molecular weight excluding hydrogens is 249 g/mol. The fraction of sp³-hybridized carbons (Fsp3) is 0.429. The number of carboxylic acid groups (broad SMARTS) is 4. The average Bonchev–Trinajstić information content (AvgIpc) is 2.09. The Morgan fingerprint density at radius 1 is 0.882 bits per heavy atom. The number of aliphatic carboxylic acids is 4. The summed E-state index contributed by atoms with van der Waals surface area (Å²) in [7, 11) is 0. The maximum absolute atomic E-state index is 10.5. The maximum atomic E-state index is 10.5. The zero-order valence-electron chi connectivity index (χ0n) is 8.78. The predicted octanol–water partition coefficient (Wildman–Crippen LogP) is -2.34. The standard InChI is InChI=1S/C7H9NO8.Na/c9-3(10)1-2(5(11)12)8-4(6(13)14)7(15)16;/h2,4,8H,1H2,(H,9,10)(H,11,12)(H,13,14)(H,15,16);/t2-;/m0./s1. The molecule has 0 aliphatic rings. The summed E-state index contributed by atoms with van der Waals surface area (Å²) in [6.45, 7) is 0. The van der Waals surface area contributed by atoms with Crippen molar-refractivity contribution in [1.29, 1.82) is 0 Å². The van der Waals surface area contributed by atoms with Crippen LogP contribution in [0.3, 0.4) is 0 Å². The second-order valence-electron chi connectivity index (χ2n) is 2.76. The normalized spacial score (nSPS) is 11.4. The Morgan fingerprint density at radius 2 is 1.29 bits per heavy atom.